The van der Waals surface area contributed by atoms with Crippen molar-refractivity contribution in [1.29, 1.82) is 0 Å². The van der Waals surface area contributed by atoms with E-state index in [1.54, 1.807) is 36.0 Å². The lowest BCUT2D eigenvalue weighted by Crippen LogP contribution is -2.53. The van der Waals surface area contributed by atoms with E-state index in [-0.39, 0.29) is 34.6 Å². The van der Waals surface area contributed by atoms with Crippen molar-refractivity contribution in [2.75, 3.05) is 0 Å². The zero-order chi connectivity index (χ0) is 29.4. The van der Waals surface area contributed by atoms with Crippen LogP contribution in [0.4, 0.5) is 13.2 Å². The highest BCUT2D eigenvalue weighted by atomic mass is 32.2. The van der Waals surface area contributed by atoms with Crippen LogP contribution in [0.2, 0.25) is 0 Å². The van der Waals surface area contributed by atoms with Crippen LogP contribution in [0.5, 0.6) is 5.75 Å². The minimum Gasteiger partial charge on any atom is -0.487 e. The van der Waals surface area contributed by atoms with Crippen molar-refractivity contribution in [3.05, 3.63) is 71.8 Å². The largest absolute Gasteiger partial charge is 0.487 e. The number of carbonyl (C=O) groups is 2. The number of carboxylic acids is 1. The molecule has 0 aliphatic heterocycles. The van der Waals surface area contributed by atoms with Crippen LogP contribution >= 0.6 is 23.5 Å². The zero-order valence-corrected chi connectivity index (χ0v) is 24.4. The molecule has 0 spiro atoms. The molecule has 0 radical (unpaired) electrons. The van der Waals surface area contributed by atoms with Crippen molar-refractivity contribution in [3.63, 3.8) is 0 Å². The van der Waals surface area contributed by atoms with Gasteiger partial charge in [0.2, 0.25) is 0 Å². The smallest absolute Gasteiger partial charge is 0.446 e. The third-order valence-electron chi connectivity index (χ3n) is 8.01. The zero-order valence-electron chi connectivity index (χ0n) is 22.7. The second kappa shape index (κ2) is 11.8. The summed E-state index contributed by atoms with van der Waals surface area (Å²) in [4.78, 5) is 26.2. The molecule has 41 heavy (non-hydrogen) atoms. The number of amides is 1. The fourth-order valence-electron chi connectivity index (χ4n) is 6.05. The molecule has 0 unspecified atom stereocenters. The number of hydrogen-bond donors (Lipinski definition) is 2. The van der Waals surface area contributed by atoms with Crippen LogP contribution in [0.25, 0.3) is 10.8 Å². The lowest BCUT2D eigenvalue weighted by atomic mass is 10.00. The molecule has 5 nitrogen and oxygen atoms in total. The average Bonchev–Trinajstić information content (AvgIpc) is 3.53. The van der Waals surface area contributed by atoms with Crippen LogP contribution in [0.3, 0.4) is 0 Å². The van der Waals surface area contributed by atoms with Gasteiger partial charge in [0, 0.05) is 20.3 Å². The molecule has 3 aromatic rings. The normalized spacial score (nSPS) is 21.1. The van der Waals surface area contributed by atoms with Crippen LogP contribution in [0.1, 0.15) is 55.5 Å². The molecule has 4 atom stereocenters. The quantitative estimate of drug-likeness (QED) is 0.229. The van der Waals surface area contributed by atoms with Gasteiger partial charge in [0.15, 0.2) is 0 Å². The van der Waals surface area contributed by atoms with Gasteiger partial charge in [-0.1, -0.05) is 48.9 Å². The number of ether oxygens (including phenoxy) is 1. The van der Waals surface area contributed by atoms with Crippen LogP contribution in [-0.4, -0.2) is 38.5 Å². The van der Waals surface area contributed by atoms with Crippen LogP contribution in [-0.2, 0) is 11.4 Å². The number of rotatable bonds is 10. The van der Waals surface area contributed by atoms with Gasteiger partial charge in [-0.3, -0.25) is 4.79 Å². The van der Waals surface area contributed by atoms with Crippen LogP contribution in [0.15, 0.2) is 65.6 Å². The lowest BCUT2D eigenvalue weighted by molar-refractivity contribution is -0.139. The molecule has 10 heteroatoms. The number of aliphatic carboxylic acids is 1. The van der Waals surface area contributed by atoms with Crippen molar-refractivity contribution in [2.24, 2.45) is 11.8 Å². The molecule has 3 aromatic carbocycles. The average molecular weight is 604 g/mol. The minimum atomic E-state index is -4.37. The summed E-state index contributed by atoms with van der Waals surface area (Å²) in [5.41, 5.74) is -3.55. The van der Waals surface area contributed by atoms with E-state index in [0.29, 0.717) is 22.1 Å². The topological polar surface area (TPSA) is 75.6 Å². The highest BCUT2D eigenvalue weighted by molar-refractivity contribution is 8.01. The van der Waals surface area contributed by atoms with E-state index in [4.69, 9.17) is 4.74 Å². The number of benzene rings is 3. The van der Waals surface area contributed by atoms with Gasteiger partial charge in [-0.2, -0.15) is 13.2 Å². The van der Waals surface area contributed by atoms with E-state index in [9.17, 15) is 27.9 Å². The Kier molecular flexibility index (Phi) is 8.53. The van der Waals surface area contributed by atoms with Crippen molar-refractivity contribution in [2.45, 2.75) is 72.6 Å². The summed E-state index contributed by atoms with van der Waals surface area (Å²) in [6.45, 7) is 3.77. The maximum Gasteiger partial charge on any atom is 0.446 e. The van der Waals surface area contributed by atoms with Gasteiger partial charge in [0.05, 0.1) is 5.56 Å². The molecular formula is C31H32F3NO4S2. The second-order valence-electron chi connectivity index (χ2n) is 11.3. The minimum absolute atomic E-state index is 0.0131. The van der Waals surface area contributed by atoms with E-state index < -0.39 is 28.2 Å². The number of halogens is 3. The number of hydrogen-bond acceptors (Lipinski definition) is 5. The van der Waals surface area contributed by atoms with Gasteiger partial charge in [-0.25, -0.2) is 4.79 Å². The van der Waals surface area contributed by atoms with Gasteiger partial charge in [0.25, 0.3) is 5.91 Å². The number of nitrogens with one attached hydrogen (secondary N) is 1. The molecule has 0 aromatic heterocycles. The molecule has 2 bridgehead atoms. The number of thioether (sulfide) groups is 2. The lowest BCUT2D eigenvalue weighted by Gasteiger charge is -2.36. The first-order valence-electron chi connectivity index (χ1n) is 13.6. The fraction of sp³-hybridized carbons (Fsp3) is 0.419. The molecule has 5 rings (SSSR count). The number of fused-ring (bicyclic) bond motifs is 3. The summed E-state index contributed by atoms with van der Waals surface area (Å²) in [6, 6.07) is 15.5. The van der Waals surface area contributed by atoms with Crippen molar-refractivity contribution >= 4 is 46.2 Å². The molecule has 1 amide bonds. The van der Waals surface area contributed by atoms with E-state index in [1.165, 1.54) is 31.4 Å². The monoisotopic (exact) mass is 603 g/mol. The Balaban J connectivity index is 1.36. The van der Waals surface area contributed by atoms with Crippen molar-refractivity contribution < 1.29 is 32.6 Å². The Hall–Kier alpha value is -2.85. The summed E-state index contributed by atoms with van der Waals surface area (Å²) >= 11 is 1.48. The molecule has 2 fully saturated rings. The molecule has 0 saturated heterocycles. The molecular weight excluding hydrogens is 571 g/mol. The van der Waals surface area contributed by atoms with E-state index in [1.807, 2.05) is 38.1 Å². The van der Waals surface area contributed by atoms with Crippen molar-refractivity contribution in [3.8, 4) is 5.75 Å². The van der Waals surface area contributed by atoms with Gasteiger partial charge in [-0.15, -0.1) is 11.8 Å². The molecule has 218 valence electrons. The maximum atomic E-state index is 13.7. The Morgan fingerprint density at radius 3 is 2.39 bits per heavy atom. The van der Waals surface area contributed by atoms with Gasteiger partial charge in [0.1, 0.15) is 18.4 Å². The number of carboxylic acid groups (broad SMARTS) is 1. The predicted molar refractivity (Wildman–Crippen MR) is 156 cm³/mol. The Labute approximate surface area is 245 Å². The summed E-state index contributed by atoms with van der Waals surface area (Å²) in [7, 11) is 0. The first-order chi connectivity index (χ1) is 19.4. The molecule has 2 aliphatic rings. The molecule has 2 N–H and O–H groups in total. The van der Waals surface area contributed by atoms with Crippen LogP contribution < -0.4 is 10.1 Å². The van der Waals surface area contributed by atoms with Gasteiger partial charge in [-0.05, 0) is 85.9 Å². The van der Waals surface area contributed by atoms with Crippen LogP contribution in [0, 0.1) is 11.8 Å². The second-order valence-corrected chi connectivity index (χ2v) is 14.4. The summed E-state index contributed by atoms with van der Waals surface area (Å²) in [6.07, 6.45) is 4.74. The van der Waals surface area contributed by atoms with E-state index in [0.717, 1.165) is 17.7 Å². The predicted octanol–water partition coefficient (Wildman–Crippen LogP) is 7.91. The highest BCUT2D eigenvalue weighted by Gasteiger charge is 2.46. The summed E-state index contributed by atoms with van der Waals surface area (Å²) < 4.78 is 43.5. The van der Waals surface area contributed by atoms with Gasteiger partial charge >= 0.3 is 11.5 Å². The fourth-order valence-corrected chi connectivity index (χ4v) is 8.47. The first-order valence-corrected chi connectivity index (χ1v) is 15.3. The van der Waals surface area contributed by atoms with Gasteiger partial charge < -0.3 is 15.2 Å². The first kappa shape index (κ1) is 29.6. The standard InChI is InChI=1S/C31H32F3NO4S2/c1-30(2,41-25-16-19-7-10-21(25)15-19)27(29(37)38)35-28(36)24-14-11-20-5-3-4-6-23(20)26(24)39-17-18-8-12-22(13-9-18)40-31(32,33)34/h3-6,8-9,11-14,19,21,25,27H,7,10,15-17H2,1-2H3,(H,35,36)(H,37,38)/t19-,21+,25-,27-/m1/s1. The highest BCUT2D eigenvalue weighted by Crippen LogP contribution is 2.52. The molecule has 2 aliphatic carbocycles. The Morgan fingerprint density at radius 2 is 1.76 bits per heavy atom. The molecule has 2 saturated carbocycles. The maximum absolute atomic E-state index is 13.7. The van der Waals surface area contributed by atoms with E-state index in [2.05, 4.69) is 5.32 Å². The third-order valence-corrected chi connectivity index (χ3v) is 10.5. The summed E-state index contributed by atoms with van der Waals surface area (Å²) in [5.74, 6) is -0.0353. The molecule has 0 heterocycles. The van der Waals surface area contributed by atoms with E-state index >= 15 is 0 Å². The third kappa shape index (κ3) is 6.97. The SMILES string of the molecule is CC(C)(S[C@@H]1C[C@@H]2CC[C@H]1C2)[C@H](NC(=O)c1ccc2ccccc2c1OCc1ccc(SC(F)(F)F)cc1)C(=O)O. The number of alkyl halides is 3. The Bertz CT molecular complexity index is 1430. The Morgan fingerprint density at radius 1 is 1.02 bits per heavy atom. The van der Waals surface area contributed by atoms with Crippen molar-refractivity contribution in [1.82, 2.24) is 5.32 Å². The number of carbonyl (C=O) groups excluding carboxylic acids is 1. The summed E-state index contributed by atoms with van der Waals surface area (Å²) in [5, 5.41) is 14.8.